The van der Waals surface area contributed by atoms with Gasteiger partial charge in [-0.1, -0.05) is 226 Å². The fourth-order valence-electron chi connectivity index (χ4n) is 12.5. The van der Waals surface area contributed by atoms with Gasteiger partial charge in [-0.15, -0.1) is 6.42 Å². The molecule has 0 aromatic heterocycles. The van der Waals surface area contributed by atoms with Crippen LogP contribution in [0.3, 0.4) is 0 Å². The third kappa shape index (κ3) is 9.96. The zero-order chi connectivity index (χ0) is 50.3. The van der Waals surface area contributed by atoms with Gasteiger partial charge in [-0.05, 0) is 183 Å². The van der Waals surface area contributed by atoms with E-state index in [9.17, 15) is 0 Å². The molecule has 73 heavy (non-hydrogen) atoms. The van der Waals surface area contributed by atoms with Crippen molar-refractivity contribution < 1.29 is 0 Å². The molecular formula is C71H70BN. The summed E-state index contributed by atoms with van der Waals surface area (Å²) in [7, 11) is 1.09. The molecule has 0 spiro atoms. The quantitative estimate of drug-likeness (QED) is 0.0518. The van der Waals surface area contributed by atoms with Gasteiger partial charge in [0.1, 0.15) is 7.28 Å². The summed E-state index contributed by atoms with van der Waals surface area (Å²) in [6.45, 7) is 9.06. The molecule has 2 heteroatoms. The van der Waals surface area contributed by atoms with E-state index in [0.717, 1.165) is 52.0 Å². The van der Waals surface area contributed by atoms with Gasteiger partial charge in [-0.3, -0.25) is 0 Å². The fourth-order valence-corrected chi connectivity index (χ4v) is 12.5. The van der Waals surface area contributed by atoms with Crippen LogP contribution in [0.15, 0.2) is 212 Å². The SMILES string of the molecule is C#CC1(C2C=C(CCBCc3ccccc3-c3cc4c(cc3-c3ccc(-c5cccc(-c6ccccc6)c5)cc3)C(/C=C\C)=C(C)C4)C=CC2CC(C)C/C=C\N)c2ccccc2-c2ccc(CCCC)cc21. The van der Waals surface area contributed by atoms with Crippen molar-refractivity contribution in [3.05, 3.63) is 245 Å². The third-order valence-corrected chi connectivity index (χ3v) is 16.2. The number of fused-ring (bicyclic) bond motifs is 4. The first kappa shape index (κ1) is 49.3. The number of benzene rings is 7. The van der Waals surface area contributed by atoms with E-state index in [1.807, 2.05) is 0 Å². The summed E-state index contributed by atoms with van der Waals surface area (Å²) in [5.74, 6) is 4.46. The second-order valence-electron chi connectivity index (χ2n) is 21.1. The molecule has 7 aromatic carbocycles. The lowest BCUT2D eigenvalue weighted by Gasteiger charge is -2.40. The second-order valence-corrected chi connectivity index (χ2v) is 21.1. The van der Waals surface area contributed by atoms with Crippen molar-refractivity contribution in [3.8, 4) is 68.0 Å². The van der Waals surface area contributed by atoms with Crippen molar-refractivity contribution in [1.29, 1.82) is 0 Å². The van der Waals surface area contributed by atoms with Crippen LogP contribution in [0.4, 0.5) is 0 Å². The standard InChI is InChI=1S/C71H70BN/c1-6-9-21-51-31-37-64-63-28-15-16-29-68(63)71(8-3,70(64)44-51)69-43-52(30-32-58(69)41-49(4)20-18-40-73)38-39-72-48-59-24-13-14-27-62(59)67-46-60-42-50(5)61(19-7-2)66(60)47-65(67)55-35-33-54(34-36-55)57-26-17-25-56(45-57)53-22-11-10-12-23-53/h3,7,10-19,22-37,40,43-47,49,58,69,72H,6,9,20-21,38-39,41-42,48,73H2,1-2,4-5H3/b19-7-,40-18-. The number of hydrogen-bond donors (Lipinski definition) is 1. The average Bonchev–Trinajstić information content (AvgIpc) is 3.90. The molecule has 4 unspecified atom stereocenters. The fraction of sp³-hybridized carbons (Fsp3) is 0.239. The van der Waals surface area contributed by atoms with E-state index in [0.29, 0.717) is 11.8 Å². The number of rotatable bonds is 18. The van der Waals surface area contributed by atoms with Gasteiger partial charge in [0.15, 0.2) is 0 Å². The average molecular weight is 948 g/mol. The molecule has 0 fully saturated rings. The minimum Gasteiger partial charge on any atom is -0.405 e. The molecule has 7 aromatic rings. The zero-order valence-electron chi connectivity index (χ0n) is 43.5. The molecule has 3 aliphatic rings. The van der Waals surface area contributed by atoms with Gasteiger partial charge in [0.2, 0.25) is 0 Å². The number of allylic oxidation sites excluding steroid dienone is 9. The lowest BCUT2D eigenvalue weighted by atomic mass is 9.60. The molecule has 1 nitrogen and oxygen atoms in total. The van der Waals surface area contributed by atoms with E-state index in [2.05, 4.69) is 228 Å². The van der Waals surface area contributed by atoms with Crippen LogP contribution in [0.1, 0.15) is 93.2 Å². The van der Waals surface area contributed by atoms with Crippen molar-refractivity contribution in [2.75, 3.05) is 0 Å². The minimum atomic E-state index is -0.555. The van der Waals surface area contributed by atoms with Crippen molar-refractivity contribution >= 4 is 12.9 Å². The largest absolute Gasteiger partial charge is 0.405 e. The monoisotopic (exact) mass is 948 g/mol. The molecule has 362 valence electrons. The highest BCUT2D eigenvalue weighted by atomic mass is 14.5. The van der Waals surface area contributed by atoms with Gasteiger partial charge in [0, 0.05) is 5.92 Å². The predicted octanol–water partition coefficient (Wildman–Crippen LogP) is 17.6. The van der Waals surface area contributed by atoms with Crippen LogP contribution in [-0.2, 0) is 24.6 Å². The first-order valence-corrected chi connectivity index (χ1v) is 27.1. The summed E-state index contributed by atoms with van der Waals surface area (Å²) in [6.07, 6.45) is 32.3. The molecule has 0 amide bonds. The van der Waals surface area contributed by atoms with E-state index < -0.39 is 5.41 Å². The van der Waals surface area contributed by atoms with E-state index in [1.54, 1.807) is 6.20 Å². The second kappa shape index (κ2) is 22.2. The molecule has 3 aliphatic carbocycles. The van der Waals surface area contributed by atoms with E-state index in [-0.39, 0.29) is 5.92 Å². The zero-order valence-corrected chi connectivity index (χ0v) is 43.5. The number of hydrogen-bond acceptors (Lipinski definition) is 1. The van der Waals surface area contributed by atoms with Crippen LogP contribution in [0.2, 0.25) is 6.32 Å². The van der Waals surface area contributed by atoms with Crippen LogP contribution in [0, 0.1) is 30.1 Å². The Bertz CT molecular complexity index is 3320. The van der Waals surface area contributed by atoms with Gasteiger partial charge in [-0.2, -0.15) is 0 Å². The lowest BCUT2D eigenvalue weighted by molar-refractivity contribution is 0.314. The van der Waals surface area contributed by atoms with Gasteiger partial charge in [0.25, 0.3) is 0 Å². The van der Waals surface area contributed by atoms with Gasteiger partial charge in [-0.25, -0.2) is 0 Å². The van der Waals surface area contributed by atoms with Crippen molar-refractivity contribution in [1.82, 2.24) is 0 Å². The summed E-state index contributed by atoms with van der Waals surface area (Å²) in [5, 5.41) is 0. The van der Waals surface area contributed by atoms with Gasteiger partial charge in [0.05, 0.1) is 5.41 Å². The summed E-state index contributed by atoms with van der Waals surface area (Å²) in [4.78, 5) is 0. The Balaban J connectivity index is 0.939. The maximum absolute atomic E-state index is 6.97. The third-order valence-electron chi connectivity index (χ3n) is 16.2. The molecule has 4 atom stereocenters. The Morgan fingerprint density at radius 3 is 2.19 bits per heavy atom. The topological polar surface area (TPSA) is 26.0 Å². The smallest absolute Gasteiger partial charge is 0.126 e. The first-order valence-electron chi connectivity index (χ1n) is 27.1. The number of unbranched alkanes of at least 4 members (excludes halogenated alkanes) is 1. The Hall–Kier alpha value is -7.34. The van der Waals surface area contributed by atoms with Crippen LogP contribution >= 0.6 is 0 Å². The highest BCUT2D eigenvalue weighted by Gasteiger charge is 2.50. The van der Waals surface area contributed by atoms with E-state index in [4.69, 9.17) is 12.2 Å². The molecule has 0 saturated carbocycles. The van der Waals surface area contributed by atoms with Crippen molar-refractivity contribution in [2.45, 2.75) is 90.7 Å². The van der Waals surface area contributed by atoms with E-state index >= 15 is 0 Å². The Morgan fingerprint density at radius 1 is 0.712 bits per heavy atom. The molecule has 0 saturated heterocycles. The van der Waals surface area contributed by atoms with Crippen molar-refractivity contribution in [3.63, 3.8) is 0 Å². The van der Waals surface area contributed by atoms with Gasteiger partial charge >= 0.3 is 0 Å². The molecule has 0 bridgehead atoms. The maximum Gasteiger partial charge on any atom is 0.126 e. The number of nitrogens with two attached hydrogens (primary N) is 1. The summed E-state index contributed by atoms with van der Waals surface area (Å²) >= 11 is 0. The first-order chi connectivity index (χ1) is 35.8. The van der Waals surface area contributed by atoms with Crippen LogP contribution in [0.25, 0.3) is 61.2 Å². The summed E-state index contributed by atoms with van der Waals surface area (Å²) in [5.41, 5.74) is 30.3. The van der Waals surface area contributed by atoms with Gasteiger partial charge < -0.3 is 5.73 Å². The predicted molar refractivity (Wildman–Crippen MR) is 316 cm³/mol. The molecule has 0 heterocycles. The van der Waals surface area contributed by atoms with Crippen LogP contribution in [-0.4, -0.2) is 7.28 Å². The highest BCUT2D eigenvalue weighted by molar-refractivity contribution is 6.35. The van der Waals surface area contributed by atoms with Crippen molar-refractivity contribution in [2.24, 2.45) is 23.5 Å². The van der Waals surface area contributed by atoms with Crippen LogP contribution in [0.5, 0.6) is 0 Å². The van der Waals surface area contributed by atoms with Crippen LogP contribution < -0.4 is 5.73 Å². The number of terminal acetylenes is 1. The Morgan fingerprint density at radius 2 is 1.42 bits per heavy atom. The van der Waals surface area contributed by atoms with E-state index in [1.165, 1.54) is 119 Å². The molecule has 10 rings (SSSR count). The lowest BCUT2D eigenvalue weighted by Crippen LogP contribution is -2.38. The molecule has 2 N–H and O–H groups in total. The minimum absolute atomic E-state index is 0.129. The Labute approximate surface area is 437 Å². The number of aryl methyl sites for hydroxylation is 1. The maximum atomic E-state index is 6.97. The molecule has 0 radical (unpaired) electrons. The molecule has 0 aliphatic heterocycles. The molecular weight excluding hydrogens is 878 g/mol. The summed E-state index contributed by atoms with van der Waals surface area (Å²) < 4.78 is 0. The Kier molecular flexibility index (Phi) is 15.0. The highest BCUT2D eigenvalue weighted by Crippen LogP contribution is 2.57. The summed E-state index contributed by atoms with van der Waals surface area (Å²) in [6, 6.07) is 59.1. The normalized spacial score (nSPS) is 18.2.